The Morgan fingerprint density at radius 1 is 1.32 bits per heavy atom. The first-order valence-electron chi connectivity index (χ1n) is 5.97. The quantitative estimate of drug-likeness (QED) is 0.790. The van der Waals surface area contributed by atoms with E-state index < -0.39 is 0 Å². The average Bonchev–Trinajstić information content (AvgIpc) is 2.81. The van der Waals surface area contributed by atoms with Gasteiger partial charge in [-0.1, -0.05) is 0 Å². The molecule has 0 radical (unpaired) electrons. The van der Waals surface area contributed by atoms with E-state index >= 15 is 0 Å². The summed E-state index contributed by atoms with van der Waals surface area (Å²) in [5, 5.41) is 6.48. The van der Waals surface area contributed by atoms with Crippen molar-refractivity contribution in [3.63, 3.8) is 0 Å². The van der Waals surface area contributed by atoms with Gasteiger partial charge in [0.05, 0.1) is 0 Å². The SMILES string of the molecule is Cc1cnc(NC(=O)CCCNc2ncccn2)s1. The summed E-state index contributed by atoms with van der Waals surface area (Å²) in [6.45, 7) is 2.62. The molecule has 1 amide bonds. The van der Waals surface area contributed by atoms with Crippen molar-refractivity contribution in [1.29, 1.82) is 0 Å². The highest BCUT2D eigenvalue weighted by Gasteiger charge is 2.05. The second-order valence-corrected chi connectivity index (χ2v) is 5.16. The largest absolute Gasteiger partial charge is 0.354 e. The lowest BCUT2D eigenvalue weighted by Gasteiger charge is -2.04. The maximum absolute atomic E-state index is 11.6. The Morgan fingerprint density at radius 3 is 2.79 bits per heavy atom. The molecule has 0 fully saturated rings. The molecule has 7 heteroatoms. The second-order valence-electron chi connectivity index (χ2n) is 3.93. The highest BCUT2D eigenvalue weighted by Crippen LogP contribution is 2.16. The molecule has 0 aliphatic heterocycles. The van der Waals surface area contributed by atoms with E-state index in [4.69, 9.17) is 0 Å². The van der Waals surface area contributed by atoms with E-state index in [1.807, 2.05) is 6.92 Å². The zero-order valence-corrected chi connectivity index (χ0v) is 11.4. The van der Waals surface area contributed by atoms with Gasteiger partial charge >= 0.3 is 0 Å². The van der Waals surface area contributed by atoms with Crippen molar-refractivity contribution >= 4 is 28.3 Å². The minimum Gasteiger partial charge on any atom is -0.354 e. The van der Waals surface area contributed by atoms with E-state index in [1.165, 1.54) is 11.3 Å². The highest BCUT2D eigenvalue weighted by atomic mass is 32.1. The number of nitrogens with zero attached hydrogens (tertiary/aromatic N) is 3. The van der Waals surface area contributed by atoms with Gasteiger partial charge in [-0.3, -0.25) is 4.79 Å². The molecule has 100 valence electrons. The normalized spacial score (nSPS) is 10.2. The third kappa shape index (κ3) is 4.63. The molecule has 0 atom stereocenters. The predicted molar refractivity (Wildman–Crippen MR) is 75.2 cm³/mol. The summed E-state index contributed by atoms with van der Waals surface area (Å²) < 4.78 is 0. The molecule has 0 aliphatic rings. The summed E-state index contributed by atoms with van der Waals surface area (Å²) >= 11 is 1.47. The third-order valence-corrected chi connectivity index (χ3v) is 3.13. The van der Waals surface area contributed by atoms with E-state index in [0.29, 0.717) is 30.5 Å². The number of nitrogens with one attached hydrogen (secondary N) is 2. The first-order valence-corrected chi connectivity index (χ1v) is 6.79. The number of rotatable bonds is 6. The van der Waals surface area contributed by atoms with Crippen molar-refractivity contribution in [1.82, 2.24) is 15.0 Å². The minimum absolute atomic E-state index is 0.0230. The molecule has 2 aromatic rings. The molecular formula is C12H15N5OS. The Hall–Kier alpha value is -2.02. The lowest BCUT2D eigenvalue weighted by molar-refractivity contribution is -0.116. The number of aryl methyl sites for hydroxylation is 1. The van der Waals surface area contributed by atoms with Crippen LogP contribution in [0.5, 0.6) is 0 Å². The van der Waals surface area contributed by atoms with Crippen molar-refractivity contribution < 1.29 is 4.79 Å². The number of carbonyl (C=O) groups excluding carboxylic acids is 1. The lowest BCUT2D eigenvalue weighted by Crippen LogP contribution is -2.13. The Kier molecular flexibility index (Phi) is 4.79. The van der Waals surface area contributed by atoms with Gasteiger partial charge in [-0.2, -0.15) is 0 Å². The molecule has 2 aromatic heterocycles. The van der Waals surface area contributed by atoms with E-state index in [2.05, 4.69) is 25.6 Å². The van der Waals surface area contributed by atoms with Crippen LogP contribution in [-0.2, 0) is 4.79 Å². The molecule has 2 rings (SSSR count). The van der Waals surface area contributed by atoms with E-state index in [9.17, 15) is 4.79 Å². The summed E-state index contributed by atoms with van der Waals surface area (Å²) in [6, 6.07) is 1.76. The van der Waals surface area contributed by atoms with Crippen LogP contribution in [0.1, 0.15) is 17.7 Å². The molecule has 0 bridgehead atoms. The maximum Gasteiger partial charge on any atom is 0.226 e. The Labute approximate surface area is 115 Å². The Balaban J connectivity index is 1.64. The first-order chi connectivity index (χ1) is 9.24. The van der Waals surface area contributed by atoms with Gasteiger partial charge in [0, 0.05) is 36.4 Å². The van der Waals surface area contributed by atoms with Crippen LogP contribution in [0, 0.1) is 6.92 Å². The van der Waals surface area contributed by atoms with Crippen molar-refractivity contribution in [3.8, 4) is 0 Å². The van der Waals surface area contributed by atoms with Crippen molar-refractivity contribution in [3.05, 3.63) is 29.5 Å². The van der Waals surface area contributed by atoms with Gasteiger partial charge in [-0.15, -0.1) is 11.3 Å². The molecular weight excluding hydrogens is 262 g/mol. The number of amides is 1. The topological polar surface area (TPSA) is 79.8 Å². The summed E-state index contributed by atoms with van der Waals surface area (Å²) in [7, 11) is 0. The fourth-order valence-electron chi connectivity index (χ4n) is 1.43. The lowest BCUT2D eigenvalue weighted by atomic mass is 10.3. The number of thiazole rings is 1. The van der Waals surface area contributed by atoms with Crippen LogP contribution in [0.2, 0.25) is 0 Å². The molecule has 2 N–H and O–H groups in total. The number of carbonyl (C=O) groups is 1. The maximum atomic E-state index is 11.6. The van der Waals surface area contributed by atoms with Crippen LogP contribution in [-0.4, -0.2) is 27.4 Å². The fraction of sp³-hybridized carbons (Fsp3) is 0.333. The van der Waals surface area contributed by atoms with Crippen molar-refractivity contribution in [2.45, 2.75) is 19.8 Å². The third-order valence-electron chi connectivity index (χ3n) is 2.30. The van der Waals surface area contributed by atoms with E-state index in [-0.39, 0.29) is 5.91 Å². The summed E-state index contributed by atoms with van der Waals surface area (Å²) in [4.78, 5) is 24.9. The molecule has 2 heterocycles. The summed E-state index contributed by atoms with van der Waals surface area (Å²) in [5.41, 5.74) is 0. The molecule has 0 unspecified atom stereocenters. The monoisotopic (exact) mass is 277 g/mol. The molecule has 19 heavy (non-hydrogen) atoms. The molecule has 6 nitrogen and oxygen atoms in total. The zero-order valence-electron chi connectivity index (χ0n) is 10.6. The van der Waals surface area contributed by atoms with Gasteiger partial charge in [-0.05, 0) is 19.4 Å². The Morgan fingerprint density at radius 2 is 2.11 bits per heavy atom. The number of hydrogen-bond donors (Lipinski definition) is 2. The second kappa shape index (κ2) is 6.79. The van der Waals surface area contributed by atoms with Crippen LogP contribution in [0.25, 0.3) is 0 Å². The first kappa shape index (κ1) is 13.4. The molecule has 0 saturated heterocycles. The van der Waals surface area contributed by atoms with Crippen LogP contribution in [0.4, 0.5) is 11.1 Å². The standard InChI is InChI=1S/C12H15N5OS/c1-9-8-16-12(19-9)17-10(18)4-2-5-13-11-14-6-3-7-15-11/h3,6-8H,2,4-5H2,1H3,(H,13,14,15)(H,16,17,18). The van der Waals surface area contributed by atoms with Gasteiger partial charge in [0.15, 0.2) is 5.13 Å². The van der Waals surface area contributed by atoms with Gasteiger partial charge in [0.25, 0.3) is 0 Å². The Bertz CT molecular complexity index is 528. The zero-order chi connectivity index (χ0) is 13.5. The number of anilines is 2. The number of aromatic nitrogens is 3. The molecule has 0 aromatic carbocycles. The van der Waals surface area contributed by atoms with E-state index in [1.54, 1.807) is 24.7 Å². The predicted octanol–water partition coefficient (Wildman–Crippen LogP) is 2.07. The number of hydrogen-bond acceptors (Lipinski definition) is 6. The summed E-state index contributed by atoms with van der Waals surface area (Å²) in [5.74, 6) is 0.559. The van der Waals surface area contributed by atoms with Gasteiger partial charge in [-0.25, -0.2) is 15.0 Å². The fourth-order valence-corrected chi connectivity index (χ4v) is 2.11. The van der Waals surface area contributed by atoms with Crippen LogP contribution < -0.4 is 10.6 Å². The average molecular weight is 277 g/mol. The molecule has 0 spiro atoms. The molecule has 0 aliphatic carbocycles. The smallest absolute Gasteiger partial charge is 0.226 e. The van der Waals surface area contributed by atoms with Crippen LogP contribution in [0.15, 0.2) is 24.7 Å². The highest BCUT2D eigenvalue weighted by molar-refractivity contribution is 7.15. The van der Waals surface area contributed by atoms with Crippen molar-refractivity contribution in [2.75, 3.05) is 17.2 Å². The van der Waals surface area contributed by atoms with E-state index in [0.717, 1.165) is 4.88 Å². The van der Waals surface area contributed by atoms with Crippen LogP contribution in [0.3, 0.4) is 0 Å². The van der Waals surface area contributed by atoms with Crippen molar-refractivity contribution in [2.24, 2.45) is 0 Å². The van der Waals surface area contributed by atoms with Crippen LogP contribution >= 0.6 is 11.3 Å². The van der Waals surface area contributed by atoms with Gasteiger partial charge in [0.2, 0.25) is 11.9 Å². The van der Waals surface area contributed by atoms with Gasteiger partial charge < -0.3 is 10.6 Å². The molecule has 0 saturated carbocycles. The minimum atomic E-state index is -0.0230. The summed E-state index contributed by atoms with van der Waals surface area (Å²) in [6.07, 6.45) is 6.25. The van der Waals surface area contributed by atoms with Gasteiger partial charge in [0.1, 0.15) is 0 Å².